The van der Waals surface area contributed by atoms with E-state index < -0.39 is 6.72 Å². The molecule has 0 aromatic heterocycles. The van der Waals surface area contributed by atoms with Crippen molar-refractivity contribution in [2.45, 2.75) is 0 Å². The molecule has 6 heteroatoms. The summed E-state index contributed by atoms with van der Waals surface area (Å²) in [4.78, 5) is 22.7. The third-order valence-electron chi connectivity index (χ3n) is 0. The summed E-state index contributed by atoms with van der Waals surface area (Å²) in [5.41, 5.74) is 0. The minimum absolute atomic E-state index is 0. The first-order chi connectivity index (χ1) is 2.00. The van der Waals surface area contributed by atoms with Crippen LogP contribution in [0.15, 0.2) is 0 Å². The van der Waals surface area contributed by atoms with Crippen LogP contribution in [0.2, 0.25) is 0 Å². The summed E-state index contributed by atoms with van der Waals surface area (Å²) in [5, 5.41) is 0. The van der Waals surface area contributed by atoms with Crippen molar-refractivity contribution < 1.29 is 35.7 Å². The van der Waals surface area contributed by atoms with Gasteiger partial charge in [0.05, 0.1) is 0 Å². The summed E-state index contributed by atoms with van der Waals surface area (Å²) >= 11 is 3.60. The summed E-state index contributed by atoms with van der Waals surface area (Å²) in [7, 11) is 0. The molecule has 0 heterocycles. The Balaban J connectivity index is 0. The molecule has 0 aliphatic carbocycles. The smallest absolute Gasteiger partial charge is 0.319 e. The summed E-state index contributed by atoms with van der Waals surface area (Å²) in [5.74, 6) is 0. The van der Waals surface area contributed by atoms with Crippen LogP contribution in [0, 0.1) is 0 Å². The molecule has 0 aromatic rings. The molecule has 0 fully saturated rings. The molecule has 0 rings (SSSR count). The van der Waals surface area contributed by atoms with E-state index in [0.29, 0.717) is 0 Å². The van der Waals surface area contributed by atoms with Crippen LogP contribution < -0.4 is 0 Å². The second-order valence-electron chi connectivity index (χ2n) is 0.513. The van der Waals surface area contributed by atoms with Gasteiger partial charge in [-0.1, -0.05) is 0 Å². The van der Waals surface area contributed by atoms with Gasteiger partial charge >= 0.3 is 6.72 Å². The summed E-state index contributed by atoms with van der Waals surface area (Å²) < 4.78 is 0. The number of rotatable bonds is 0. The largest absolute Gasteiger partial charge is 0.325 e. The van der Waals surface area contributed by atoms with Crippen molar-refractivity contribution in [3.8, 4) is 0 Å². The third-order valence-corrected chi connectivity index (χ3v) is 0. The van der Waals surface area contributed by atoms with Crippen LogP contribution >= 0.6 is 6.72 Å². The van der Waals surface area contributed by atoms with Gasteiger partial charge in [0.2, 0.25) is 0 Å². The van der Waals surface area contributed by atoms with E-state index in [1.54, 1.807) is 0 Å². The van der Waals surface area contributed by atoms with E-state index in [4.69, 9.17) is 14.7 Å². The van der Waals surface area contributed by atoms with Gasteiger partial charge in [-0.05, 0) is 11.8 Å². The zero-order chi connectivity index (χ0) is 4.50. The van der Waals surface area contributed by atoms with E-state index in [1.807, 2.05) is 0 Å². The van der Waals surface area contributed by atoms with Gasteiger partial charge in [-0.2, -0.15) is 0 Å². The minimum atomic E-state index is -3.81. The van der Waals surface area contributed by atoms with Crippen LogP contribution in [0.4, 0.5) is 0 Å². The van der Waals surface area contributed by atoms with E-state index >= 15 is 0 Å². The first kappa shape index (κ1) is 10.2. The molecule has 6 heavy (non-hydrogen) atoms. The maximum absolute atomic E-state index is 7.56. The van der Waals surface area contributed by atoms with Gasteiger partial charge in [0.25, 0.3) is 0 Å². The van der Waals surface area contributed by atoms with Crippen molar-refractivity contribution in [2.24, 2.45) is 0 Å². The monoisotopic (exact) mass is 298 g/mol. The summed E-state index contributed by atoms with van der Waals surface area (Å²) in [6.45, 7) is -3.81. The zero-order valence-corrected chi connectivity index (χ0v) is 7.25. The second kappa shape index (κ2) is 3.25. The molecule has 0 aromatic carbocycles. The predicted octanol–water partition coefficient (Wildman–Crippen LogP) is -0.815. The average molecular weight is 298 g/mol. The molecule has 3 N–H and O–H groups in total. The molecule has 0 saturated heterocycles. The van der Waals surface area contributed by atoms with Gasteiger partial charge in [-0.3, -0.25) is 0 Å². The molecule has 0 radical (unpaired) electrons. The van der Waals surface area contributed by atoms with Crippen molar-refractivity contribution in [1.82, 2.24) is 0 Å². The van der Waals surface area contributed by atoms with Crippen LogP contribution in [0.1, 0.15) is 0 Å². The first-order valence-corrected chi connectivity index (χ1v) is 3.44. The average Bonchev–Trinajstić information content (AvgIpc) is 0.722. The normalized spacial score (nSPS) is 9.83. The van der Waals surface area contributed by atoms with E-state index in [9.17, 15) is 0 Å². The number of hydrogen-bond acceptors (Lipinski definition) is 1. The van der Waals surface area contributed by atoms with Crippen LogP contribution in [0.5, 0.6) is 0 Å². The van der Waals surface area contributed by atoms with Crippen molar-refractivity contribution in [2.75, 3.05) is 0 Å². The Kier molecular flexibility index (Phi) is 5.55. The van der Waals surface area contributed by atoms with E-state index in [0.717, 1.165) is 0 Å². The molecule has 0 spiro atoms. The number of hydrogen-bond donors (Lipinski definition) is 3. The molecule has 0 unspecified atom stereocenters. The first-order valence-electron chi connectivity index (χ1n) is 0.783. The van der Waals surface area contributed by atoms with Gasteiger partial charge in [-0.15, -0.1) is 0 Å². The molecular formula is H3O3PSW. The quantitative estimate of drug-likeness (QED) is 0.512. The fourth-order valence-electron chi connectivity index (χ4n) is 0. The fourth-order valence-corrected chi connectivity index (χ4v) is 0. The molecule has 0 bridgehead atoms. The SMILES string of the molecule is OP(O)(O)=S.[W]. The molecule has 0 aliphatic heterocycles. The van der Waals surface area contributed by atoms with Gasteiger partial charge in [0.15, 0.2) is 0 Å². The zero-order valence-electron chi connectivity index (χ0n) is 2.61. The molecular weight excluding hydrogens is 295 g/mol. The van der Waals surface area contributed by atoms with Gasteiger partial charge < -0.3 is 14.7 Å². The van der Waals surface area contributed by atoms with Crippen molar-refractivity contribution in [3.63, 3.8) is 0 Å². The molecule has 0 saturated carbocycles. The Morgan fingerprint density at radius 2 is 1.17 bits per heavy atom. The second-order valence-corrected chi connectivity index (χ2v) is 3.01. The third kappa shape index (κ3) is 62.6. The van der Waals surface area contributed by atoms with Crippen LogP contribution in [-0.2, 0) is 32.9 Å². The minimum Gasteiger partial charge on any atom is -0.325 e. The summed E-state index contributed by atoms with van der Waals surface area (Å²) in [6.07, 6.45) is 0. The van der Waals surface area contributed by atoms with Gasteiger partial charge in [0.1, 0.15) is 0 Å². The van der Waals surface area contributed by atoms with Crippen LogP contribution in [-0.4, -0.2) is 14.7 Å². The van der Waals surface area contributed by atoms with E-state index in [-0.39, 0.29) is 21.1 Å². The van der Waals surface area contributed by atoms with Crippen molar-refractivity contribution in [3.05, 3.63) is 0 Å². The molecule has 3 nitrogen and oxygen atoms in total. The Hall–Kier alpha value is 1.22. The maximum Gasteiger partial charge on any atom is 0.319 e. The maximum atomic E-state index is 7.56. The van der Waals surface area contributed by atoms with Crippen molar-refractivity contribution >= 4 is 18.5 Å². The van der Waals surface area contributed by atoms with Crippen molar-refractivity contribution in [1.29, 1.82) is 0 Å². The predicted molar refractivity (Wildman–Crippen MR) is 20.9 cm³/mol. The summed E-state index contributed by atoms with van der Waals surface area (Å²) in [6, 6.07) is 0. The fraction of sp³-hybridized carbons (Fsp3) is 0. The Morgan fingerprint density at radius 1 is 1.17 bits per heavy atom. The van der Waals surface area contributed by atoms with Crippen LogP contribution in [0.3, 0.4) is 0 Å². The van der Waals surface area contributed by atoms with Crippen LogP contribution in [0.25, 0.3) is 0 Å². The van der Waals surface area contributed by atoms with Gasteiger partial charge in [0, 0.05) is 21.1 Å². The molecule has 0 atom stereocenters. The van der Waals surface area contributed by atoms with E-state index in [1.165, 1.54) is 0 Å². The van der Waals surface area contributed by atoms with E-state index in [2.05, 4.69) is 11.8 Å². The molecule has 0 aliphatic rings. The van der Waals surface area contributed by atoms with Gasteiger partial charge in [-0.25, -0.2) is 0 Å². The molecule has 38 valence electrons. The Labute approximate surface area is 54.5 Å². The topological polar surface area (TPSA) is 60.7 Å². The standard InChI is InChI=1S/H3O3PS.W/c1-4(2,3)5;/h(H3,1,2,3,5);. The molecule has 0 amide bonds. The Morgan fingerprint density at radius 3 is 1.17 bits per heavy atom. The Bertz CT molecular complexity index is 56.9.